The number of benzene rings is 1. The minimum atomic E-state index is -0.377. The molecule has 1 aromatic rings. The molecule has 2 N–H and O–H groups in total. The highest BCUT2D eigenvalue weighted by molar-refractivity contribution is 5.73. The highest BCUT2D eigenvalue weighted by Gasteiger charge is 2.20. The summed E-state index contributed by atoms with van der Waals surface area (Å²) in [6, 6.07) is 5.34. The first-order chi connectivity index (χ1) is 8.43. The van der Waals surface area contributed by atoms with E-state index in [1.807, 2.05) is 19.9 Å². The number of carbonyl (C=O) groups is 1. The van der Waals surface area contributed by atoms with Crippen molar-refractivity contribution in [1.82, 2.24) is 0 Å². The number of hydrogen-bond acceptors (Lipinski definition) is 3. The molecule has 0 saturated carbocycles. The van der Waals surface area contributed by atoms with Crippen LogP contribution in [0.25, 0.3) is 0 Å². The van der Waals surface area contributed by atoms with Gasteiger partial charge in [0.2, 0.25) is 5.91 Å². The number of aryl methyl sites for hydroxylation is 1. The Hall–Kier alpha value is -1.91. The number of nitrogens with zero attached hydrogens (tertiary/aromatic N) is 1. The Kier molecular flexibility index (Phi) is 4.83. The van der Waals surface area contributed by atoms with E-state index in [1.165, 1.54) is 0 Å². The van der Waals surface area contributed by atoms with Crippen LogP contribution in [0.3, 0.4) is 0 Å². The van der Waals surface area contributed by atoms with Gasteiger partial charge in [-0.3, -0.25) is 14.9 Å². The lowest BCUT2D eigenvalue weighted by molar-refractivity contribution is -0.386. The zero-order valence-electron chi connectivity index (χ0n) is 10.7. The van der Waals surface area contributed by atoms with Crippen LogP contribution in [0, 0.1) is 10.1 Å². The molecule has 0 heterocycles. The number of amides is 1. The molecule has 0 atom stereocenters. The molecule has 1 aromatic carbocycles. The lowest BCUT2D eigenvalue weighted by Crippen LogP contribution is -2.10. The Morgan fingerprint density at radius 2 is 2.11 bits per heavy atom. The number of hydrogen-bond donors (Lipinski definition) is 1. The van der Waals surface area contributed by atoms with Crippen molar-refractivity contribution in [3.05, 3.63) is 39.4 Å². The average Bonchev–Trinajstić information content (AvgIpc) is 2.27. The van der Waals surface area contributed by atoms with E-state index in [4.69, 9.17) is 5.73 Å². The number of primary amides is 1. The predicted octanol–water partition coefficient (Wildman–Crippen LogP) is 2.53. The molecule has 0 radical (unpaired) electrons. The smallest absolute Gasteiger partial charge is 0.275 e. The second kappa shape index (κ2) is 6.14. The molecule has 0 aromatic heterocycles. The van der Waals surface area contributed by atoms with Crippen LogP contribution in [0.15, 0.2) is 18.2 Å². The Bertz CT molecular complexity index is 456. The first kappa shape index (κ1) is 14.2. The second-order valence-corrected chi connectivity index (χ2v) is 4.59. The van der Waals surface area contributed by atoms with Gasteiger partial charge in [0.05, 0.1) is 4.92 Å². The molecule has 1 rings (SSSR count). The van der Waals surface area contributed by atoms with Crippen molar-refractivity contribution in [2.75, 3.05) is 0 Å². The van der Waals surface area contributed by atoms with Gasteiger partial charge in [-0.05, 0) is 18.8 Å². The molecule has 0 unspecified atom stereocenters. The van der Waals surface area contributed by atoms with E-state index < -0.39 is 0 Å². The first-order valence-electron chi connectivity index (χ1n) is 5.98. The Morgan fingerprint density at radius 1 is 1.44 bits per heavy atom. The molecule has 0 saturated heterocycles. The fourth-order valence-electron chi connectivity index (χ4n) is 1.95. The van der Waals surface area contributed by atoms with E-state index in [0.29, 0.717) is 18.4 Å². The van der Waals surface area contributed by atoms with E-state index >= 15 is 0 Å². The van der Waals surface area contributed by atoms with Crippen LogP contribution < -0.4 is 5.73 Å². The third-order valence-corrected chi connectivity index (χ3v) is 2.82. The number of rotatable bonds is 6. The minimum Gasteiger partial charge on any atom is -0.370 e. The summed E-state index contributed by atoms with van der Waals surface area (Å²) in [6.07, 6.45) is 1.29. The monoisotopic (exact) mass is 250 g/mol. The zero-order chi connectivity index (χ0) is 13.7. The van der Waals surface area contributed by atoms with Gasteiger partial charge in [0, 0.05) is 17.5 Å². The maximum absolute atomic E-state index is 11.2. The molecule has 0 bridgehead atoms. The molecule has 1 amide bonds. The summed E-state index contributed by atoms with van der Waals surface area (Å²) in [5, 5.41) is 11.2. The largest absolute Gasteiger partial charge is 0.370 e. The highest BCUT2D eigenvalue weighted by atomic mass is 16.6. The molecule has 18 heavy (non-hydrogen) atoms. The molecule has 0 spiro atoms. The molecular formula is C13H18N2O3. The van der Waals surface area contributed by atoms with E-state index in [-0.39, 0.29) is 28.9 Å². The van der Waals surface area contributed by atoms with Crippen LogP contribution in [0.1, 0.15) is 43.7 Å². The maximum Gasteiger partial charge on any atom is 0.275 e. The van der Waals surface area contributed by atoms with Crippen LogP contribution in [-0.4, -0.2) is 10.8 Å². The standard InChI is InChI=1S/C13H18N2O3/c1-9(2)11-7-3-5-10(13(11)15(17)18)6-4-8-12(14)16/h3,5,7,9H,4,6,8H2,1-2H3,(H2,14,16). The van der Waals surface area contributed by atoms with Crippen molar-refractivity contribution in [1.29, 1.82) is 0 Å². The third-order valence-electron chi connectivity index (χ3n) is 2.82. The summed E-state index contributed by atoms with van der Waals surface area (Å²) in [7, 11) is 0. The van der Waals surface area contributed by atoms with Crippen LogP contribution in [0.4, 0.5) is 5.69 Å². The van der Waals surface area contributed by atoms with Gasteiger partial charge in [-0.25, -0.2) is 0 Å². The van der Waals surface area contributed by atoms with Gasteiger partial charge in [-0.2, -0.15) is 0 Å². The molecule has 0 aliphatic heterocycles. The fraction of sp³-hybridized carbons (Fsp3) is 0.462. The maximum atomic E-state index is 11.2. The topological polar surface area (TPSA) is 86.2 Å². The van der Waals surface area contributed by atoms with Gasteiger partial charge in [-0.15, -0.1) is 0 Å². The van der Waals surface area contributed by atoms with Crippen LogP contribution in [0.5, 0.6) is 0 Å². The van der Waals surface area contributed by atoms with E-state index in [1.54, 1.807) is 12.1 Å². The summed E-state index contributed by atoms with van der Waals surface area (Å²) in [5.74, 6) is -0.279. The summed E-state index contributed by atoms with van der Waals surface area (Å²) < 4.78 is 0. The molecule has 5 heteroatoms. The van der Waals surface area contributed by atoms with Gasteiger partial charge >= 0.3 is 0 Å². The van der Waals surface area contributed by atoms with Gasteiger partial charge < -0.3 is 5.73 Å². The number of para-hydroxylation sites is 1. The van der Waals surface area contributed by atoms with E-state index in [0.717, 1.165) is 5.56 Å². The number of nitrogens with two attached hydrogens (primary N) is 1. The second-order valence-electron chi connectivity index (χ2n) is 4.59. The van der Waals surface area contributed by atoms with Crippen molar-refractivity contribution in [3.8, 4) is 0 Å². The molecule has 5 nitrogen and oxygen atoms in total. The summed E-state index contributed by atoms with van der Waals surface area (Å²) in [6.45, 7) is 3.85. The van der Waals surface area contributed by atoms with Gasteiger partial charge in [-0.1, -0.05) is 32.0 Å². The zero-order valence-corrected chi connectivity index (χ0v) is 10.7. The Balaban J connectivity index is 2.99. The van der Waals surface area contributed by atoms with Crippen molar-refractivity contribution >= 4 is 11.6 Å². The summed E-state index contributed by atoms with van der Waals surface area (Å²) >= 11 is 0. The van der Waals surface area contributed by atoms with Crippen LogP contribution in [-0.2, 0) is 11.2 Å². The molecule has 0 aliphatic rings. The lowest BCUT2D eigenvalue weighted by atomic mass is 9.95. The van der Waals surface area contributed by atoms with Gasteiger partial charge in [0.15, 0.2) is 0 Å². The average molecular weight is 250 g/mol. The fourth-order valence-corrected chi connectivity index (χ4v) is 1.95. The molecule has 0 fully saturated rings. The number of carbonyl (C=O) groups excluding carboxylic acids is 1. The van der Waals surface area contributed by atoms with Crippen LogP contribution in [0.2, 0.25) is 0 Å². The summed E-state index contributed by atoms with van der Waals surface area (Å²) in [4.78, 5) is 21.5. The SMILES string of the molecule is CC(C)c1cccc(CCCC(N)=O)c1[N+](=O)[O-]. The van der Waals surface area contributed by atoms with Crippen molar-refractivity contribution in [2.24, 2.45) is 5.73 Å². The molecule has 0 aliphatic carbocycles. The summed E-state index contributed by atoms with van der Waals surface area (Å²) in [5.41, 5.74) is 6.64. The lowest BCUT2D eigenvalue weighted by Gasteiger charge is -2.10. The predicted molar refractivity (Wildman–Crippen MR) is 69.3 cm³/mol. The third kappa shape index (κ3) is 3.55. The van der Waals surface area contributed by atoms with Crippen molar-refractivity contribution in [3.63, 3.8) is 0 Å². The molecular weight excluding hydrogens is 232 g/mol. The minimum absolute atomic E-state index is 0.0986. The van der Waals surface area contributed by atoms with Crippen molar-refractivity contribution < 1.29 is 9.72 Å². The highest BCUT2D eigenvalue weighted by Crippen LogP contribution is 2.30. The van der Waals surface area contributed by atoms with Crippen LogP contribution >= 0.6 is 0 Å². The first-order valence-corrected chi connectivity index (χ1v) is 5.98. The Labute approximate surface area is 106 Å². The van der Waals surface area contributed by atoms with Gasteiger partial charge in [0.1, 0.15) is 0 Å². The van der Waals surface area contributed by atoms with Gasteiger partial charge in [0.25, 0.3) is 5.69 Å². The normalized spacial score (nSPS) is 10.6. The van der Waals surface area contributed by atoms with E-state index in [9.17, 15) is 14.9 Å². The number of nitro benzene ring substituents is 1. The Morgan fingerprint density at radius 3 is 2.61 bits per heavy atom. The van der Waals surface area contributed by atoms with E-state index in [2.05, 4.69) is 0 Å². The quantitative estimate of drug-likeness (QED) is 0.621. The molecule has 98 valence electrons. The van der Waals surface area contributed by atoms with Crippen molar-refractivity contribution in [2.45, 2.75) is 39.0 Å². The number of nitro groups is 1.